The molecule has 0 unspecified atom stereocenters. The number of carbonyl (C=O) groups is 5. The third-order valence-corrected chi connectivity index (χ3v) is 19.5. The zero-order chi connectivity index (χ0) is 93.7. The van der Waals surface area contributed by atoms with E-state index in [1.54, 1.807) is 0 Å². The monoisotopic (exact) mass is 2670 g/mol. The SMILES string of the molecule is CC(=O)C=C(C)O.CC(=O)C=C(C)O.CC(=O)C=C(C)O.CC(=O)C=C(C)O.CC(=O)C=C(C)O.CC1(C)c2ccccc2-c2c[c-]c(-c3ccccn3)cc21.Cc1[c-]c(-c2cc(-c3ccccc3)c3ccccc3n2)ccc1C.Cc1[c-]c(-c2ccc3ccccc3n2)cc(C)c1.[C-]1=C(c2ccc3ccccc3n2)CCC1.[Ir].[Ir].[Ir].[Ir].[Ir].[c-]1ccc2ccccc2c1-c1ccccn1. The molecule has 2 aliphatic carbocycles. The summed E-state index contributed by atoms with van der Waals surface area (Å²) in [6, 6.07) is 105. The smallest absolute Gasteiger partial charge is 0.155 e. The molecule has 0 saturated carbocycles. The third-order valence-electron chi connectivity index (χ3n) is 19.5. The molecule has 0 saturated heterocycles. The summed E-state index contributed by atoms with van der Waals surface area (Å²) in [5.74, 6) is -0.312. The number of nitrogens with zero attached hydrogens (tertiary/aromatic N) is 5. The maximum atomic E-state index is 10.0. The van der Waals surface area contributed by atoms with Gasteiger partial charge in [-0.2, -0.15) is 5.57 Å². The van der Waals surface area contributed by atoms with Crippen molar-refractivity contribution in [2.45, 2.75) is 135 Å². The molecular weight excluding hydrogens is 2560 g/mol. The average Bonchev–Trinajstić information content (AvgIpc) is 1.57. The van der Waals surface area contributed by atoms with Crippen molar-refractivity contribution in [1.82, 2.24) is 24.9 Å². The Bertz CT molecular complexity index is 6400. The summed E-state index contributed by atoms with van der Waals surface area (Å²) in [6.45, 7) is 27.2. The first-order valence-corrected chi connectivity index (χ1v) is 42.2. The number of aliphatic hydroxyl groups excluding tert-OH is 5. The van der Waals surface area contributed by atoms with Gasteiger partial charge in [-0.05, 0) is 155 Å². The van der Waals surface area contributed by atoms with E-state index in [0.29, 0.717) is 0 Å². The Hall–Kier alpha value is -12.0. The minimum Gasteiger partial charge on any atom is -0.512 e. The van der Waals surface area contributed by atoms with Crippen LogP contribution in [0.1, 0.15) is 141 Å². The summed E-state index contributed by atoms with van der Waals surface area (Å²) in [4.78, 5) is 73.1. The number of allylic oxidation sites excluding steroid dienone is 12. The molecule has 0 bridgehead atoms. The number of fused-ring (bicyclic) bond motifs is 7. The Balaban J connectivity index is 0.000000395. The van der Waals surface area contributed by atoms with Crippen molar-refractivity contribution in [2.24, 2.45) is 0 Å². The molecule has 0 fully saturated rings. The number of carbonyl (C=O) groups excluding carboxylic acids is 5. The standard InChI is InChI=1S/C23H18N.C20H16N.C17H14N.C15H10N.C14H12N.5C5H8O2.5Ir/c1-16-12-13-19(14-17(16)2)23-15-21(18-8-4-3-5-9-18)20-10-6-7-11-22(20)24-23;1-20(2)17-8-4-3-7-15(17)16-11-10-14(13-18(16)20)19-9-5-6-12-21-19;1-12-9-13(2)11-15(10-12)17-8-7-14-5-3-4-6-16(14)18-17;1-2-8-13-12(6-1)7-5-9-14(13)15-10-3-4-11-16-15;1-2-6-11(5-1)14-10-9-12-7-3-4-8-13(12)15-14;5*1-4(6)3-5(2)7;;;;;/h3-13,15H,1-2H3;3-9,11-13H,1-2H3;3-10H,1-2H3;1-8,10-11H;3-4,7-10H,1-2,5H2;5*3,6H,1-2H3;;;;;/q5*-1;;;;;;;;;;. The number of hydrogen-bond acceptors (Lipinski definition) is 15. The first kappa shape index (κ1) is 116. The predicted molar refractivity (Wildman–Crippen MR) is 526 cm³/mol. The number of aliphatic hydroxyl groups is 5. The fourth-order valence-corrected chi connectivity index (χ4v) is 14.0. The molecule has 5 N–H and O–H groups in total. The molecule has 0 atom stereocenters. The second kappa shape index (κ2) is 58.9. The van der Waals surface area contributed by atoms with E-state index in [9.17, 15) is 24.0 Å². The summed E-state index contributed by atoms with van der Waals surface area (Å²) < 4.78 is 0. The molecule has 5 radical (unpaired) electrons. The van der Waals surface area contributed by atoms with E-state index in [2.05, 4.69) is 257 Å². The normalized spacial score (nSPS) is 11.7. The number of hydrogen-bond donors (Lipinski definition) is 5. The van der Waals surface area contributed by atoms with Gasteiger partial charge in [0.2, 0.25) is 0 Å². The second-order valence-corrected chi connectivity index (χ2v) is 31.4. The van der Waals surface area contributed by atoms with Gasteiger partial charge in [0.1, 0.15) is 0 Å². The van der Waals surface area contributed by atoms with Crippen LogP contribution in [0.4, 0.5) is 0 Å². The summed E-state index contributed by atoms with van der Waals surface area (Å²) in [5.41, 5.74) is 26.3. The Morgan fingerprint density at radius 3 is 1.32 bits per heavy atom. The molecule has 15 aromatic rings. The fourth-order valence-electron chi connectivity index (χ4n) is 14.0. The number of rotatable bonds is 11. The Morgan fingerprint density at radius 1 is 0.366 bits per heavy atom. The van der Waals surface area contributed by atoms with Crippen molar-refractivity contribution in [2.75, 3.05) is 0 Å². The second-order valence-electron chi connectivity index (χ2n) is 31.4. The van der Waals surface area contributed by atoms with Crippen molar-refractivity contribution in [3.05, 3.63) is 408 Å². The van der Waals surface area contributed by atoms with Gasteiger partial charge in [-0.1, -0.05) is 259 Å². The van der Waals surface area contributed by atoms with E-state index in [0.717, 1.165) is 85.7 Å². The molecule has 5 heterocycles. The number of aryl methyl sites for hydroxylation is 4. The molecule has 0 amide bonds. The van der Waals surface area contributed by atoms with Crippen LogP contribution >= 0.6 is 0 Å². The third kappa shape index (κ3) is 37.8. The van der Waals surface area contributed by atoms with Crippen molar-refractivity contribution >= 4 is 78.0 Å². The van der Waals surface area contributed by atoms with E-state index in [-0.39, 0.29) is 164 Å². The molecule has 15 nitrogen and oxygen atoms in total. The van der Waals surface area contributed by atoms with Crippen LogP contribution in [-0.2, 0) is 130 Å². The minimum absolute atomic E-state index is 0. The molecule has 134 heavy (non-hydrogen) atoms. The number of para-hydroxylation sites is 3. The minimum atomic E-state index is -0.125. The van der Waals surface area contributed by atoms with Crippen LogP contribution < -0.4 is 0 Å². The maximum Gasteiger partial charge on any atom is 0.155 e. The molecule has 2 aliphatic rings. The van der Waals surface area contributed by atoms with Gasteiger partial charge in [-0.25, -0.2) is 0 Å². The summed E-state index contributed by atoms with van der Waals surface area (Å²) in [5, 5.41) is 47.8. The van der Waals surface area contributed by atoms with E-state index < -0.39 is 0 Å². The van der Waals surface area contributed by atoms with Crippen LogP contribution in [0.3, 0.4) is 0 Å². The topological polar surface area (TPSA) is 251 Å². The summed E-state index contributed by atoms with van der Waals surface area (Å²) in [7, 11) is 0. The molecule has 5 aromatic heterocycles. The van der Waals surface area contributed by atoms with Gasteiger partial charge < -0.3 is 40.5 Å². The van der Waals surface area contributed by atoms with Gasteiger partial charge in [0.15, 0.2) is 28.9 Å². The van der Waals surface area contributed by atoms with E-state index in [4.69, 9.17) is 35.5 Å². The predicted octanol–water partition coefficient (Wildman–Crippen LogP) is 27.6. The average molecular weight is 2670 g/mol. The number of aromatic nitrogens is 5. The van der Waals surface area contributed by atoms with Crippen molar-refractivity contribution in [1.29, 1.82) is 0 Å². The van der Waals surface area contributed by atoms with Crippen LogP contribution in [-0.4, -0.2) is 79.4 Å². The van der Waals surface area contributed by atoms with E-state index >= 15 is 0 Å². The molecule has 20 heteroatoms. The number of pyridine rings is 5. The Kier molecular flexibility index (Phi) is 51.1. The van der Waals surface area contributed by atoms with E-state index in [1.165, 1.54) is 189 Å². The van der Waals surface area contributed by atoms with Gasteiger partial charge in [-0.15, -0.1) is 141 Å². The van der Waals surface area contributed by atoms with Gasteiger partial charge in [0.25, 0.3) is 0 Å². The van der Waals surface area contributed by atoms with Crippen molar-refractivity contribution in [3.63, 3.8) is 0 Å². The zero-order valence-electron chi connectivity index (χ0n) is 77.7. The van der Waals surface area contributed by atoms with Gasteiger partial charge in [-0.3, -0.25) is 40.0 Å². The van der Waals surface area contributed by atoms with Crippen LogP contribution in [0.25, 0.3) is 116 Å². The number of benzene rings is 10. The van der Waals surface area contributed by atoms with Crippen molar-refractivity contribution in [3.8, 4) is 67.3 Å². The van der Waals surface area contributed by atoms with Crippen LogP contribution in [0, 0.1) is 58.0 Å². The zero-order valence-corrected chi connectivity index (χ0v) is 89.7. The number of ketones is 5. The molecule has 10 aromatic carbocycles. The van der Waals surface area contributed by atoms with E-state index in [1.807, 2.05) is 109 Å². The first-order valence-electron chi connectivity index (χ1n) is 42.2. The fraction of sp³-hybridized carbons (Fsp3) is 0.175. The van der Waals surface area contributed by atoms with Gasteiger partial charge in [0.05, 0.1) is 39.8 Å². The Morgan fingerprint density at radius 2 is 0.828 bits per heavy atom. The maximum absolute atomic E-state index is 10.0. The molecule has 0 spiro atoms. The van der Waals surface area contributed by atoms with Gasteiger partial charge >= 0.3 is 0 Å². The molecule has 17 rings (SSSR count). The molecule has 701 valence electrons. The first-order chi connectivity index (χ1) is 61.6. The Labute approximate surface area is 855 Å². The van der Waals surface area contributed by atoms with Crippen LogP contribution in [0.5, 0.6) is 0 Å². The largest absolute Gasteiger partial charge is 0.512 e. The molecular formula is C114H110Ir5N5O10-5. The quantitative estimate of drug-likeness (QED) is 0.0459. The van der Waals surface area contributed by atoms with Crippen LogP contribution in [0.15, 0.2) is 338 Å². The van der Waals surface area contributed by atoms with Gasteiger partial charge in [0, 0.05) is 154 Å². The van der Waals surface area contributed by atoms with Crippen LogP contribution in [0.2, 0.25) is 0 Å². The molecule has 0 aliphatic heterocycles. The summed E-state index contributed by atoms with van der Waals surface area (Å²) in [6.07, 6.45) is 16.3. The summed E-state index contributed by atoms with van der Waals surface area (Å²) >= 11 is 0. The van der Waals surface area contributed by atoms with Crippen molar-refractivity contribution < 1.29 is 150 Å².